The Bertz CT molecular complexity index is 688. The van der Waals surface area contributed by atoms with E-state index in [0.717, 1.165) is 37.2 Å². The van der Waals surface area contributed by atoms with E-state index in [2.05, 4.69) is 4.98 Å². The molecule has 2 heterocycles. The van der Waals surface area contributed by atoms with Crippen LogP contribution in [0.4, 0.5) is 0 Å². The molecule has 23 heavy (non-hydrogen) atoms. The highest BCUT2D eigenvalue weighted by atomic mass is 35.5. The third-order valence-corrected chi connectivity index (χ3v) is 4.58. The molecule has 0 amide bonds. The van der Waals surface area contributed by atoms with E-state index in [1.807, 2.05) is 24.3 Å². The van der Waals surface area contributed by atoms with Gasteiger partial charge in [-0.3, -0.25) is 4.98 Å². The summed E-state index contributed by atoms with van der Waals surface area (Å²) in [5.74, 6) is 0.687. The Balaban J connectivity index is 1.84. The first-order valence-corrected chi connectivity index (χ1v) is 8.32. The van der Waals surface area contributed by atoms with Crippen LogP contribution < -0.4 is 10.5 Å². The van der Waals surface area contributed by atoms with Gasteiger partial charge in [-0.15, -0.1) is 0 Å². The molecule has 2 aromatic rings. The van der Waals surface area contributed by atoms with Gasteiger partial charge in [0.1, 0.15) is 11.9 Å². The van der Waals surface area contributed by atoms with E-state index in [4.69, 9.17) is 38.4 Å². The van der Waals surface area contributed by atoms with Crippen LogP contribution in [0.1, 0.15) is 18.5 Å². The van der Waals surface area contributed by atoms with Crippen LogP contribution in [0.3, 0.4) is 0 Å². The van der Waals surface area contributed by atoms with Gasteiger partial charge < -0.3 is 15.2 Å². The second kappa shape index (κ2) is 7.49. The van der Waals surface area contributed by atoms with E-state index in [9.17, 15) is 0 Å². The van der Waals surface area contributed by atoms with Crippen LogP contribution in [-0.4, -0.2) is 24.3 Å². The highest BCUT2D eigenvalue weighted by molar-refractivity contribution is 6.34. The summed E-state index contributed by atoms with van der Waals surface area (Å²) in [7, 11) is 0. The zero-order chi connectivity index (χ0) is 16.2. The third kappa shape index (κ3) is 3.78. The minimum absolute atomic E-state index is 0.153. The van der Waals surface area contributed by atoms with Crippen molar-refractivity contribution < 1.29 is 9.47 Å². The predicted molar refractivity (Wildman–Crippen MR) is 92.1 cm³/mol. The highest BCUT2D eigenvalue weighted by Gasteiger charge is 2.17. The van der Waals surface area contributed by atoms with Gasteiger partial charge in [0.05, 0.1) is 29.0 Å². The lowest BCUT2D eigenvalue weighted by molar-refractivity contribution is 0.0256. The summed E-state index contributed by atoms with van der Waals surface area (Å²) in [6.07, 6.45) is 3.62. The van der Waals surface area contributed by atoms with Crippen LogP contribution in [0.2, 0.25) is 10.0 Å². The van der Waals surface area contributed by atoms with E-state index < -0.39 is 0 Å². The van der Waals surface area contributed by atoms with E-state index >= 15 is 0 Å². The minimum Gasteiger partial charge on any atom is -0.489 e. The van der Waals surface area contributed by atoms with Crippen LogP contribution in [0.25, 0.3) is 11.1 Å². The SMILES string of the molecule is NCc1nccc(-c2ccc(OC3CCOCC3)c(Cl)c2)c1Cl. The Morgan fingerprint density at radius 3 is 2.70 bits per heavy atom. The fourth-order valence-electron chi connectivity index (χ4n) is 2.59. The molecule has 0 aliphatic carbocycles. The van der Waals surface area contributed by atoms with E-state index in [1.165, 1.54) is 0 Å². The van der Waals surface area contributed by atoms with Crippen molar-refractivity contribution in [3.63, 3.8) is 0 Å². The number of halogens is 2. The van der Waals surface area contributed by atoms with E-state index in [1.54, 1.807) is 6.20 Å². The maximum Gasteiger partial charge on any atom is 0.138 e. The quantitative estimate of drug-likeness (QED) is 0.900. The van der Waals surface area contributed by atoms with Gasteiger partial charge in [0.2, 0.25) is 0 Å². The van der Waals surface area contributed by atoms with Crippen molar-refractivity contribution in [2.45, 2.75) is 25.5 Å². The van der Waals surface area contributed by atoms with Crippen LogP contribution in [0.15, 0.2) is 30.5 Å². The van der Waals surface area contributed by atoms with Gasteiger partial charge in [0.15, 0.2) is 0 Å². The molecule has 122 valence electrons. The summed E-state index contributed by atoms with van der Waals surface area (Å²) in [4.78, 5) is 4.17. The van der Waals surface area contributed by atoms with Crippen molar-refractivity contribution in [3.05, 3.63) is 46.2 Å². The molecule has 2 N–H and O–H groups in total. The molecule has 0 saturated carbocycles. The molecular formula is C17H18Cl2N2O2. The zero-order valence-electron chi connectivity index (χ0n) is 12.6. The number of nitrogens with two attached hydrogens (primary N) is 1. The van der Waals surface area contributed by atoms with Gasteiger partial charge >= 0.3 is 0 Å². The van der Waals surface area contributed by atoms with Crippen molar-refractivity contribution >= 4 is 23.2 Å². The molecule has 3 rings (SSSR count). The number of nitrogens with zero attached hydrogens (tertiary/aromatic N) is 1. The van der Waals surface area contributed by atoms with Gasteiger partial charge in [0.25, 0.3) is 0 Å². The smallest absolute Gasteiger partial charge is 0.138 e. The van der Waals surface area contributed by atoms with Crippen LogP contribution in [0, 0.1) is 0 Å². The molecular weight excluding hydrogens is 335 g/mol. The molecule has 1 aliphatic heterocycles. The first-order chi connectivity index (χ1) is 11.2. The molecule has 0 spiro atoms. The highest BCUT2D eigenvalue weighted by Crippen LogP contribution is 2.35. The number of hydrogen-bond acceptors (Lipinski definition) is 4. The van der Waals surface area contributed by atoms with Crippen LogP contribution >= 0.6 is 23.2 Å². The van der Waals surface area contributed by atoms with Gasteiger partial charge in [-0.05, 0) is 23.8 Å². The lowest BCUT2D eigenvalue weighted by Gasteiger charge is -2.24. The Kier molecular flexibility index (Phi) is 5.38. The first kappa shape index (κ1) is 16.5. The fourth-order valence-corrected chi connectivity index (χ4v) is 3.11. The number of ether oxygens (including phenoxy) is 2. The number of pyridine rings is 1. The average molecular weight is 353 g/mol. The van der Waals surface area contributed by atoms with Gasteiger partial charge in [0, 0.05) is 31.1 Å². The van der Waals surface area contributed by atoms with Crippen molar-refractivity contribution in [3.8, 4) is 16.9 Å². The van der Waals surface area contributed by atoms with Crippen LogP contribution in [0.5, 0.6) is 5.75 Å². The summed E-state index contributed by atoms with van der Waals surface area (Å²) < 4.78 is 11.3. The lowest BCUT2D eigenvalue weighted by Crippen LogP contribution is -2.25. The Labute approximate surface area is 145 Å². The van der Waals surface area contributed by atoms with Gasteiger partial charge in [-0.1, -0.05) is 29.3 Å². The molecule has 0 bridgehead atoms. The molecule has 1 aliphatic rings. The molecule has 0 unspecified atom stereocenters. The van der Waals surface area contributed by atoms with E-state index in [-0.39, 0.29) is 6.10 Å². The molecule has 1 aromatic carbocycles. The largest absolute Gasteiger partial charge is 0.489 e. The summed E-state index contributed by atoms with van der Waals surface area (Å²) in [5, 5.41) is 1.13. The second-order valence-corrected chi connectivity index (χ2v) is 6.18. The van der Waals surface area contributed by atoms with E-state index in [0.29, 0.717) is 28.0 Å². The van der Waals surface area contributed by atoms with Crippen molar-refractivity contribution in [1.29, 1.82) is 0 Å². The number of benzene rings is 1. The average Bonchev–Trinajstić information content (AvgIpc) is 2.58. The Morgan fingerprint density at radius 1 is 1.22 bits per heavy atom. The number of hydrogen-bond donors (Lipinski definition) is 1. The van der Waals surface area contributed by atoms with Crippen molar-refractivity contribution in [2.75, 3.05) is 13.2 Å². The molecule has 6 heteroatoms. The second-order valence-electron chi connectivity index (χ2n) is 5.40. The molecule has 1 aromatic heterocycles. The predicted octanol–water partition coefficient (Wildman–Crippen LogP) is 4.07. The summed E-state index contributed by atoms with van der Waals surface area (Å²) in [6, 6.07) is 7.54. The fraction of sp³-hybridized carbons (Fsp3) is 0.353. The Hall–Kier alpha value is -1.33. The zero-order valence-corrected chi connectivity index (χ0v) is 14.1. The Morgan fingerprint density at radius 2 is 2.00 bits per heavy atom. The lowest BCUT2D eigenvalue weighted by atomic mass is 10.1. The summed E-state index contributed by atoms with van der Waals surface area (Å²) >= 11 is 12.7. The summed E-state index contributed by atoms with van der Waals surface area (Å²) in [6.45, 7) is 1.76. The van der Waals surface area contributed by atoms with Gasteiger partial charge in [-0.25, -0.2) is 0 Å². The van der Waals surface area contributed by atoms with Gasteiger partial charge in [-0.2, -0.15) is 0 Å². The first-order valence-electron chi connectivity index (χ1n) is 7.57. The molecule has 1 fully saturated rings. The number of aromatic nitrogens is 1. The summed E-state index contributed by atoms with van der Waals surface area (Å²) in [5.41, 5.74) is 8.10. The third-order valence-electron chi connectivity index (χ3n) is 3.86. The molecule has 4 nitrogen and oxygen atoms in total. The standard InChI is InChI=1S/C17H18Cl2N2O2/c18-14-9-11(13-3-6-21-15(10-20)17(13)19)1-2-16(14)23-12-4-7-22-8-5-12/h1-3,6,9,12H,4-5,7-8,10,20H2. The number of rotatable bonds is 4. The maximum absolute atomic E-state index is 6.38. The normalized spacial score (nSPS) is 15.6. The molecule has 0 radical (unpaired) electrons. The topological polar surface area (TPSA) is 57.4 Å². The maximum atomic E-state index is 6.38. The van der Waals surface area contributed by atoms with Crippen LogP contribution in [-0.2, 0) is 11.3 Å². The van der Waals surface area contributed by atoms with Crippen molar-refractivity contribution in [2.24, 2.45) is 5.73 Å². The molecule has 0 atom stereocenters. The monoisotopic (exact) mass is 352 g/mol. The minimum atomic E-state index is 0.153. The molecule has 1 saturated heterocycles. The van der Waals surface area contributed by atoms with Crippen molar-refractivity contribution in [1.82, 2.24) is 4.98 Å².